The third-order valence-electron chi connectivity index (χ3n) is 3.21. The van der Waals surface area contributed by atoms with Crippen LogP contribution in [0.1, 0.15) is 5.56 Å². The van der Waals surface area contributed by atoms with Gasteiger partial charge in [0.15, 0.2) is 0 Å². The number of nitrogens with one attached hydrogen (secondary N) is 1. The van der Waals surface area contributed by atoms with Crippen LogP contribution in [0.3, 0.4) is 0 Å². The van der Waals surface area contributed by atoms with Crippen LogP contribution in [0.2, 0.25) is 0 Å². The first-order chi connectivity index (χ1) is 10.1. The predicted molar refractivity (Wildman–Crippen MR) is 81.9 cm³/mol. The highest BCUT2D eigenvalue weighted by Gasteiger charge is 2.22. The second-order valence-electron chi connectivity index (χ2n) is 4.40. The number of anilines is 3. The summed E-state index contributed by atoms with van der Waals surface area (Å²) >= 11 is 0. The Morgan fingerprint density at radius 2 is 1.90 bits per heavy atom. The van der Waals surface area contributed by atoms with Gasteiger partial charge >= 0.3 is 5.69 Å². The Hall–Kier alpha value is -3.07. The maximum Gasteiger partial charge on any atom is 0.315 e. The molecule has 0 saturated carbocycles. The Labute approximate surface area is 122 Å². The first-order valence-electron chi connectivity index (χ1n) is 6.27. The number of benzene rings is 2. The summed E-state index contributed by atoms with van der Waals surface area (Å²) in [5, 5.41) is 23.0. The molecule has 0 unspecified atom stereocenters. The molecule has 2 rings (SSSR count). The molecular weight excluding hydrogens is 268 g/mol. The van der Waals surface area contributed by atoms with E-state index in [9.17, 15) is 10.1 Å². The minimum absolute atomic E-state index is 0.0202. The highest BCUT2D eigenvalue weighted by Crippen LogP contribution is 2.37. The van der Waals surface area contributed by atoms with Gasteiger partial charge in [-0.2, -0.15) is 5.26 Å². The van der Waals surface area contributed by atoms with Crippen molar-refractivity contribution in [2.45, 2.75) is 0 Å². The number of nitriles is 1. The van der Waals surface area contributed by atoms with E-state index < -0.39 is 4.92 Å². The fourth-order valence-corrected chi connectivity index (χ4v) is 2.09. The smallest absolute Gasteiger partial charge is 0.315 e. The zero-order chi connectivity index (χ0) is 15.4. The molecule has 6 nitrogen and oxygen atoms in total. The SMILES string of the molecule is CNc1cccc(N(C)c2ccc(C#N)cc2)c1[N+](=O)[O-]. The van der Waals surface area contributed by atoms with Crippen molar-refractivity contribution >= 4 is 22.7 Å². The van der Waals surface area contributed by atoms with Gasteiger partial charge in [0.1, 0.15) is 11.4 Å². The van der Waals surface area contributed by atoms with E-state index in [1.807, 2.05) is 6.07 Å². The molecule has 2 aromatic rings. The van der Waals surface area contributed by atoms with Gasteiger partial charge in [-0.15, -0.1) is 0 Å². The summed E-state index contributed by atoms with van der Waals surface area (Å²) in [5.41, 5.74) is 2.28. The van der Waals surface area contributed by atoms with Crippen LogP contribution >= 0.6 is 0 Å². The first-order valence-corrected chi connectivity index (χ1v) is 6.27. The monoisotopic (exact) mass is 282 g/mol. The maximum absolute atomic E-state index is 11.3. The maximum atomic E-state index is 11.3. The van der Waals surface area contributed by atoms with Gasteiger partial charge in [-0.25, -0.2) is 0 Å². The van der Waals surface area contributed by atoms with E-state index in [1.54, 1.807) is 61.5 Å². The summed E-state index contributed by atoms with van der Waals surface area (Å²) in [7, 11) is 3.40. The number of hydrogen-bond acceptors (Lipinski definition) is 5. The molecule has 21 heavy (non-hydrogen) atoms. The summed E-state index contributed by atoms with van der Waals surface area (Å²) in [4.78, 5) is 12.7. The van der Waals surface area contributed by atoms with Crippen molar-refractivity contribution < 1.29 is 4.92 Å². The summed E-state index contributed by atoms with van der Waals surface area (Å²) in [5.74, 6) is 0. The number of nitrogens with zero attached hydrogens (tertiary/aromatic N) is 3. The molecule has 6 heteroatoms. The Bertz CT molecular complexity index is 705. The lowest BCUT2D eigenvalue weighted by atomic mass is 10.1. The summed E-state index contributed by atoms with van der Waals surface area (Å²) in [6, 6.07) is 14.0. The molecule has 0 radical (unpaired) electrons. The summed E-state index contributed by atoms with van der Waals surface area (Å²) in [6.07, 6.45) is 0. The van der Waals surface area contributed by atoms with Crippen LogP contribution in [0, 0.1) is 21.4 Å². The number of para-hydroxylation sites is 1. The van der Waals surface area contributed by atoms with Crippen LogP contribution in [0.4, 0.5) is 22.7 Å². The van der Waals surface area contributed by atoms with E-state index in [4.69, 9.17) is 5.26 Å². The Morgan fingerprint density at radius 3 is 2.43 bits per heavy atom. The van der Waals surface area contributed by atoms with Crippen LogP contribution in [-0.4, -0.2) is 19.0 Å². The van der Waals surface area contributed by atoms with Crippen LogP contribution in [0.25, 0.3) is 0 Å². The van der Waals surface area contributed by atoms with Gasteiger partial charge in [0, 0.05) is 19.8 Å². The lowest BCUT2D eigenvalue weighted by molar-refractivity contribution is -0.383. The Kier molecular flexibility index (Phi) is 4.05. The number of nitro groups is 1. The fourth-order valence-electron chi connectivity index (χ4n) is 2.09. The van der Waals surface area contributed by atoms with E-state index >= 15 is 0 Å². The van der Waals surface area contributed by atoms with Gasteiger partial charge < -0.3 is 10.2 Å². The average molecular weight is 282 g/mol. The van der Waals surface area contributed by atoms with E-state index in [0.717, 1.165) is 5.69 Å². The topological polar surface area (TPSA) is 82.2 Å². The van der Waals surface area contributed by atoms with E-state index in [-0.39, 0.29) is 5.69 Å². The zero-order valence-corrected chi connectivity index (χ0v) is 11.7. The molecule has 106 valence electrons. The van der Waals surface area contributed by atoms with Crippen LogP contribution in [0.5, 0.6) is 0 Å². The molecule has 0 spiro atoms. The third-order valence-corrected chi connectivity index (χ3v) is 3.21. The molecule has 0 aliphatic rings. The number of nitro benzene ring substituents is 1. The quantitative estimate of drug-likeness (QED) is 0.687. The largest absolute Gasteiger partial charge is 0.382 e. The minimum Gasteiger partial charge on any atom is -0.382 e. The van der Waals surface area contributed by atoms with Gasteiger partial charge in [-0.05, 0) is 36.4 Å². The second-order valence-corrected chi connectivity index (χ2v) is 4.40. The van der Waals surface area contributed by atoms with Gasteiger partial charge in [0.25, 0.3) is 0 Å². The second kappa shape index (κ2) is 5.92. The van der Waals surface area contributed by atoms with Crippen molar-refractivity contribution in [2.75, 3.05) is 24.3 Å². The molecule has 0 atom stereocenters. The molecule has 2 aromatic carbocycles. The molecule has 0 fully saturated rings. The average Bonchev–Trinajstić information content (AvgIpc) is 2.53. The van der Waals surface area contributed by atoms with Crippen molar-refractivity contribution in [2.24, 2.45) is 0 Å². The van der Waals surface area contributed by atoms with Crippen molar-refractivity contribution in [3.05, 3.63) is 58.1 Å². The van der Waals surface area contributed by atoms with Crippen LogP contribution in [-0.2, 0) is 0 Å². The van der Waals surface area contributed by atoms with E-state index in [2.05, 4.69) is 5.32 Å². The molecule has 0 amide bonds. The Morgan fingerprint density at radius 1 is 1.24 bits per heavy atom. The zero-order valence-electron chi connectivity index (χ0n) is 11.7. The van der Waals surface area contributed by atoms with E-state index in [1.165, 1.54) is 0 Å². The van der Waals surface area contributed by atoms with Gasteiger partial charge in [-0.3, -0.25) is 10.1 Å². The fraction of sp³-hybridized carbons (Fsp3) is 0.133. The predicted octanol–water partition coefficient (Wildman–Crippen LogP) is 3.28. The summed E-state index contributed by atoms with van der Waals surface area (Å²) < 4.78 is 0. The standard InChI is InChI=1S/C15H14N4O2/c1-17-13-4-3-5-14(15(13)19(20)21)18(2)12-8-6-11(10-16)7-9-12/h3-9,17H,1-2H3. The third kappa shape index (κ3) is 2.77. The van der Waals surface area contributed by atoms with Crippen molar-refractivity contribution in [1.29, 1.82) is 5.26 Å². The molecule has 0 aliphatic carbocycles. The normalized spacial score (nSPS) is 9.76. The number of rotatable bonds is 4. The van der Waals surface area contributed by atoms with Gasteiger partial charge in [0.2, 0.25) is 0 Å². The first kappa shape index (κ1) is 14.3. The molecule has 0 heterocycles. The van der Waals surface area contributed by atoms with Crippen molar-refractivity contribution in [3.8, 4) is 6.07 Å². The molecule has 1 N–H and O–H groups in total. The minimum atomic E-state index is -0.401. The molecule has 0 aliphatic heterocycles. The molecular formula is C15H14N4O2. The molecule has 0 saturated heterocycles. The van der Waals surface area contributed by atoms with Crippen LogP contribution in [0.15, 0.2) is 42.5 Å². The number of hydrogen-bond donors (Lipinski definition) is 1. The summed E-state index contributed by atoms with van der Waals surface area (Å²) in [6.45, 7) is 0. The highest BCUT2D eigenvalue weighted by molar-refractivity contribution is 5.80. The van der Waals surface area contributed by atoms with Gasteiger partial charge in [0.05, 0.1) is 16.6 Å². The highest BCUT2D eigenvalue weighted by atomic mass is 16.6. The Balaban J connectivity index is 2.49. The molecule has 0 aromatic heterocycles. The van der Waals surface area contributed by atoms with Crippen molar-refractivity contribution in [3.63, 3.8) is 0 Å². The van der Waals surface area contributed by atoms with Crippen LogP contribution < -0.4 is 10.2 Å². The lowest BCUT2D eigenvalue weighted by Gasteiger charge is -2.20. The van der Waals surface area contributed by atoms with Crippen molar-refractivity contribution in [1.82, 2.24) is 0 Å². The lowest BCUT2D eigenvalue weighted by Crippen LogP contribution is -2.12. The molecule has 0 bridgehead atoms. The van der Waals surface area contributed by atoms with Gasteiger partial charge in [-0.1, -0.05) is 6.07 Å². The van der Waals surface area contributed by atoms with E-state index in [0.29, 0.717) is 16.9 Å².